The topological polar surface area (TPSA) is 106 Å². The molecule has 2 rings (SSSR count). The Bertz CT molecular complexity index is 686. The third-order valence-electron chi connectivity index (χ3n) is 2.37. The second kappa shape index (κ2) is 6.10. The highest BCUT2D eigenvalue weighted by molar-refractivity contribution is 6.30. The molecule has 0 unspecified atom stereocenters. The zero-order valence-corrected chi connectivity index (χ0v) is 11.1. The minimum absolute atomic E-state index is 0.273. The van der Waals surface area contributed by atoms with Crippen molar-refractivity contribution in [2.75, 3.05) is 0 Å². The number of hydrogen-bond acceptors (Lipinski definition) is 5. The third kappa shape index (κ3) is 3.83. The van der Waals surface area contributed by atoms with Crippen LogP contribution in [0.5, 0.6) is 11.5 Å². The SMILES string of the molecule is O=C(O)Oc1cnc(-c2ccc(Cl)cc2)cc1OC(=O)O. The van der Waals surface area contributed by atoms with Gasteiger partial charge in [0.1, 0.15) is 0 Å². The fraction of sp³-hybridized carbons (Fsp3) is 0. The Labute approximate surface area is 123 Å². The molecule has 0 bridgehead atoms. The molecule has 0 amide bonds. The smallest absolute Gasteiger partial charge is 0.449 e. The molecule has 21 heavy (non-hydrogen) atoms. The molecule has 7 nitrogen and oxygen atoms in total. The normalized spacial score (nSPS) is 9.95. The van der Waals surface area contributed by atoms with Crippen LogP contribution in [0.3, 0.4) is 0 Å². The van der Waals surface area contributed by atoms with Crippen LogP contribution in [0.25, 0.3) is 11.3 Å². The summed E-state index contributed by atoms with van der Waals surface area (Å²) in [5.74, 6) is -0.590. The average molecular weight is 310 g/mol. The van der Waals surface area contributed by atoms with Gasteiger partial charge in [0.2, 0.25) is 0 Å². The van der Waals surface area contributed by atoms with Crippen molar-refractivity contribution in [2.24, 2.45) is 0 Å². The highest BCUT2D eigenvalue weighted by Gasteiger charge is 2.15. The maximum absolute atomic E-state index is 10.6. The fourth-order valence-electron chi connectivity index (χ4n) is 1.55. The minimum atomic E-state index is -1.61. The molecule has 2 N–H and O–H groups in total. The number of hydrogen-bond donors (Lipinski definition) is 2. The number of carbonyl (C=O) groups is 2. The van der Waals surface area contributed by atoms with E-state index in [1.807, 2.05) is 0 Å². The molecule has 0 atom stereocenters. The van der Waals surface area contributed by atoms with Gasteiger partial charge in [0.25, 0.3) is 0 Å². The van der Waals surface area contributed by atoms with Crippen LogP contribution in [0, 0.1) is 0 Å². The summed E-state index contributed by atoms with van der Waals surface area (Å²) in [4.78, 5) is 25.2. The van der Waals surface area contributed by atoms with Gasteiger partial charge in [-0.1, -0.05) is 23.7 Å². The maximum Gasteiger partial charge on any atom is 0.511 e. The van der Waals surface area contributed by atoms with Crippen LogP contribution in [0.1, 0.15) is 0 Å². The zero-order valence-electron chi connectivity index (χ0n) is 10.3. The van der Waals surface area contributed by atoms with Crippen LogP contribution in [-0.2, 0) is 0 Å². The van der Waals surface area contributed by atoms with Crippen molar-refractivity contribution in [3.63, 3.8) is 0 Å². The molecule has 0 spiro atoms. The lowest BCUT2D eigenvalue weighted by Gasteiger charge is -2.08. The minimum Gasteiger partial charge on any atom is -0.449 e. The van der Waals surface area contributed by atoms with Gasteiger partial charge in [0.15, 0.2) is 11.5 Å². The van der Waals surface area contributed by atoms with E-state index in [9.17, 15) is 9.59 Å². The molecule has 0 aliphatic carbocycles. The van der Waals surface area contributed by atoms with E-state index in [4.69, 9.17) is 21.8 Å². The summed E-state index contributed by atoms with van der Waals surface area (Å²) >= 11 is 5.77. The molecule has 0 saturated heterocycles. The van der Waals surface area contributed by atoms with E-state index in [2.05, 4.69) is 14.5 Å². The van der Waals surface area contributed by atoms with Crippen molar-refractivity contribution in [2.45, 2.75) is 0 Å². The highest BCUT2D eigenvalue weighted by Crippen LogP contribution is 2.31. The highest BCUT2D eigenvalue weighted by atomic mass is 35.5. The molecule has 2 aromatic rings. The van der Waals surface area contributed by atoms with Crippen LogP contribution in [0.15, 0.2) is 36.5 Å². The molecule has 1 aromatic heterocycles. The first-order chi connectivity index (χ1) is 9.95. The summed E-state index contributed by atoms with van der Waals surface area (Å²) in [6.45, 7) is 0. The average Bonchev–Trinajstić information content (AvgIpc) is 2.40. The summed E-state index contributed by atoms with van der Waals surface area (Å²) in [7, 11) is 0. The lowest BCUT2D eigenvalue weighted by atomic mass is 10.1. The van der Waals surface area contributed by atoms with E-state index in [1.54, 1.807) is 24.3 Å². The van der Waals surface area contributed by atoms with Gasteiger partial charge in [0.05, 0.1) is 11.9 Å². The first kappa shape index (κ1) is 14.6. The number of halogens is 1. The molecule has 0 radical (unpaired) electrons. The van der Waals surface area contributed by atoms with Crippen molar-refractivity contribution in [1.82, 2.24) is 4.98 Å². The number of pyridine rings is 1. The Morgan fingerprint density at radius 1 is 1.00 bits per heavy atom. The van der Waals surface area contributed by atoms with Crippen molar-refractivity contribution in [3.8, 4) is 22.8 Å². The van der Waals surface area contributed by atoms with Gasteiger partial charge >= 0.3 is 12.3 Å². The molecule has 8 heteroatoms. The molecule has 1 aromatic carbocycles. The first-order valence-electron chi connectivity index (χ1n) is 5.53. The van der Waals surface area contributed by atoms with Gasteiger partial charge in [-0.15, -0.1) is 0 Å². The number of rotatable bonds is 3. The molecule has 0 saturated carbocycles. The van der Waals surface area contributed by atoms with Crippen molar-refractivity contribution in [3.05, 3.63) is 41.6 Å². The molecule has 108 valence electrons. The van der Waals surface area contributed by atoms with Gasteiger partial charge < -0.3 is 19.7 Å². The number of carboxylic acid groups (broad SMARTS) is 2. The summed E-state index contributed by atoms with van der Waals surface area (Å²) < 4.78 is 8.90. The van der Waals surface area contributed by atoms with E-state index in [-0.39, 0.29) is 11.5 Å². The monoisotopic (exact) mass is 309 g/mol. The van der Waals surface area contributed by atoms with Crippen LogP contribution in [0.2, 0.25) is 5.02 Å². The summed E-state index contributed by atoms with van der Waals surface area (Å²) in [5.41, 5.74) is 1.03. The van der Waals surface area contributed by atoms with Gasteiger partial charge in [-0.3, -0.25) is 4.98 Å². The Balaban J connectivity index is 2.42. The van der Waals surface area contributed by atoms with Crippen LogP contribution < -0.4 is 9.47 Å². The maximum atomic E-state index is 10.6. The molecular weight excluding hydrogens is 302 g/mol. The molecule has 0 aliphatic rings. The number of aromatic nitrogens is 1. The molecule has 0 aliphatic heterocycles. The first-order valence-corrected chi connectivity index (χ1v) is 5.91. The van der Waals surface area contributed by atoms with Gasteiger partial charge in [-0.05, 0) is 12.1 Å². The van der Waals surface area contributed by atoms with Crippen molar-refractivity contribution in [1.29, 1.82) is 0 Å². The number of benzene rings is 1. The Kier molecular flexibility index (Phi) is 4.24. The van der Waals surface area contributed by atoms with Crippen LogP contribution >= 0.6 is 11.6 Å². The quantitative estimate of drug-likeness (QED) is 0.835. The second-order valence-electron chi connectivity index (χ2n) is 3.76. The number of nitrogens with zero attached hydrogens (tertiary/aromatic N) is 1. The predicted molar refractivity (Wildman–Crippen MR) is 72.0 cm³/mol. The van der Waals surface area contributed by atoms with Crippen LogP contribution in [0.4, 0.5) is 9.59 Å². The summed E-state index contributed by atoms with van der Waals surface area (Å²) in [6.07, 6.45) is -2.14. The van der Waals surface area contributed by atoms with Gasteiger partial charge in [-0.25, -0.2) is 9.59 Å². The van der Waals surface area contributed by atoms with Gasteiger partial charge in [0, 0.05) is 16.7 Å². The van der Waals surface area contributed by atoms with E-state index in [0.717, 1.165) is 6.20 Å². The fourth-order valence-corrected chi connectivity index (χ4v) is 1.67. The van der Waals surface area contributed by atoms with E-state index in [1.165, 1.54) is 6.07 Å². The third-order valence-corrected chi connectivity index (χ3v) is 2.62. The predicted octanol–water partition coefficient (Wildman–Crippen LogP) is 3.52. The van der Waals surface area contributed by atoms with Crippen molar-refractivity contribution < 1.29 is 29.3 Å². The lowest BCUT2D eigenvalue weighted by Crippen LogP contribution is -2.09. The van der Waals surface area contributed by atoms with Gasteiger partial charge in [-0.2, -0.15) is 0 Å². The van der Waals surface area contributed by atoms with E-state index < -0.39 is 12.3 Å². The molecule has 0 fully saturated rings. The van der Waals surface area contributed by atoms with Crippen molar-refractivity contribution >= 4 is 23.9 Å². The summed E-state index contributed by atoms with van der Waals surface area (Å²) in [6, 6.07) is 7.88. The van der Waals surface area contributed by atoms with Crippen LogP contribution in [-0.4, -0.2) is 27.5 Å². The molecular formula is C13H8ClNO6. The lowest BCUT2D eigenvalue weighted by molar-refractivity contribution is 0.132. The van der Waals surface area contributed by atoms with E-state index in [0.29, 0.717) is 16.3 Å². The molecule has 1 heterocycles. The second-order valence-corrected chi connectivity index (χ2v) is 4.20. The Morgan fingerprint density at radius 2 is 1.57 bits per heavy atom. The zero-order chi connectivity index (χ0) is 15.4. The largest absolute Gasteiger partial charge is 0.511 e. The number of ether oxygens (including phenoxy) is 2. The Morgan fingerprint density at radius 3 is 2.14 bits per heavy atom. The van der Waals surface area contributed by atoms with E-state index >= 15 is 0 Å². The standard InChI is InChI=1S/C13H8ClNO6/c14-8-3-1-7(2-4-8)9-5-10(20-12(16)17)11(6-15-9)21-13(18)19/h1-6H,(H,16,17)(H,18,19). The summed E-state index contributed by atoms with van der Waals surface area (Å²) in [5, 5.41) is 17.8. The Hall–Kier alpha value is -2.80.